The molecule has 0 amide bonds. The highest BCUT2D eigenvalue weighted by Gasteiger charge is 2.23. The summed E-state index contributed by atoms with van der Waals surface area (Å²) in [5.41, 5.74) is 1.14. The van der Waals surface area contributed by atoms with Gasteiger partial charge in [-0.3, -0.25) is 4.79 Å². The maximum absolute atomic E-state index is 12.7. The van der Waals surface area contributed by atoms with Crippen LogP contribution in [0.15, 0.2) is 57.8 Å². The lowest BCUT2D eigenvalue weighted by Crippen LogP contribution is -2.24. The second-order valence-corrected chi connectivity index (χ2v) is 7.80. The summed E-state index contributed by atoms with van der Waals surface area (Å²) in [7, 11) is -3.91. The Hall–Kier alpha value is -2.97. The maximum atomic E-state index is 12.7. The molecule has 1 heterocycles. The third-order valence-corrected chi connectivity index (χ3v) is 5.55. The van der Waals surface area contributed by atoms with Crippen LogP contribution in [0.5, 0.6) is 0 Å². The van der Waals surface area contributed by atoms with Gasteiger partial charge in [0.25, 0.3) is 0 Å². The zero-order valence-corrected chi connectivity index (χ0v) is 16.2. The Morgan fingerprint density at radius 2 is 1.86 bits per heavy atom. The average Bonchev–Trinajstić information content (AvgIpc) is 3.05. The number of para-hydroxylation sites is 1. The fraction of sp³-hybridized carbons (Fsp3) is 0.200. The van der Waals surface area contributed by atoms with Crippen molar-refractivity contribution in [1.82, 2.24) is 4.72 Å². The van der Waals surface area contributed by atoms with Gasteiger partial charge in [-0.15, -0.1) is 0 Å². The van der Waals surface area contributed by atoms with E-state index in [1.165, 1.54) is 25.1 Å². The van der Waals surface area contributed by atoms with E-state index in [1.807, 2.05) is 0 Å². The Kier molecular flexibility index (Phi) is 5.62. The van der Waals surface area contributed by atoms with Gasteiger partial charge >= 0.3 is 5.97 Å². The number of ketones is 1. The van der Waals surface area contributed by atoms with Gasteiger partial charge in [0.15, 0.2) is 5.78 Å². The van der Waals surface area contributed by atoms with Crippen LogP contribution in [0.25, 0.3) is 11.0 Å². The van der Waals surface area contributed by atoms with Gasteiger partial charge in [-0.05, 0) is 32.0 Å². The monoisotopic (exact) mass is 401 g/mol. The SMILES string of the molecule is CCOC(=O)c1oc2ccccc2c1CNS(=O)(=O)c1cccc(C(C)=O)c1. The molecule has 0 spiro atoms. The van der Waals surface area contributed by atoms with Crippen LogP contribution in [-0.2, 0) is 21.3 Å². The fourth-order valence-corrected chi connectivity index (χ4v) is 3.81. The number of carbonyl (C=O) groups is 2. The molecule has 0 aliphatic carbocycles. The zero-order chi connectivity index (χ0) is 20.3. The summed E-state index contributed by atoms with van der Waals surface area (Å²) in [6, 6.07) is 12.7. The van der Waals surface area contributed by atoms with E-state index in [4.69, 9.17) is 9.15 Å². The molecule has 0 atom stereocenters. The molecule has 0 radical (unpaired) electrons. The van der Waals surface area contributed by atoms with Crippen LogP contribution in [-0.4, -0.2) is 26.8 Å². The second kappa shape index (κ2) is 7.95. The van der Waals surface area contributed by atoms with Crippen molar-refractivity contribution in [2.45, 2.75) is 25.3 Å². The molecule has 3 aromatic rings. The number of hydrogen-bond donors (Lipinski definition) is 1. The van der Waals surface area contributed by atoms with E-state index in [1.54, 1.807) is 37.3 Å². The summed E-state index contributed by atoms with van der Waals surface area (Å²) in [6.45, 7) is 3.03. The second-order valence-electron chi connectivity index (χ2n) is 6.03. The van der Waals surface area contributed by atoms with E-state index < -0.39 is 16.0 Å². The van der Waals surface area contributed by atoms with Crippen molar-refractivity contribution in [2.75, 3.05) is 6.61 Å². The van der Waals surface area contributed by atoms with E-state index in [0.717, 1.165) is 0 Å². The van der Waals surface area contributed by atoms with Crippen molar-refractivity contribution in [1.29, 1.82) is 0 Å². The molecule has 28 heavy (non-hydrogen) atoms. The van der Waals surface area contributed by atoms with Crippen LogP contribution in [0.2, 0.25) is 0 Å². The highest BCUT2D eigenvalue weighted by atomic mass is 32.2. The van der Waals surface area contributed by atoms with Gasteiger partial charge in [0, 0.05) is 23.1 Å². The lowest BCUT2D eigenvalue weighted by molar-refractivity contribution is 0.0490. The molecule has 0 unspecified atom stereocenters. The topological polar surface area (TPSA) is 103 Å². The molecule has 3 rings (SSSR count). The fourth-order valence-electron chi connectivity index (χ4n) is 2.77. The molecule has 146 valence electrons. The third-order valence-electron chi connectivity index (χ3n) is 4.15. The Bertz CT molecular complexity index is 1150. The first-order valence-electron chi connectivity index (χ1n) is 8.61. The lowest BCUT2D eigenvalue weighted by Gasteiger charge is -2.08. The number of sulfonamides is 1. The summed E-state index contributed by atoms with van der Waals surface area (Å²) in [4.78, 5) is 23.7. The molecule has 0 saturated carbocycles. The number of Topliss-reactive ketones (excluding diaryl/α,β-unsaturated/α-hetero) is 1. The molecule has 7 nitrogen and oxygen atoms in total. The average molecular weight is 401 g/mol. The Morgan fingerprint density at radius 3 is 2.57 bits per heavy atom. The molecule has 8 heteroatoms. The maximum Gasteiger partial charge on any atom is 0.374 e. The van der Waals surface area contributed by atoms with Crippen LogP contribution in [0.1, 0.15) is 40.3 Å². The highest BCUT2D eigenvalue weighted by molar-refractivity contribution is 7.89. The largest absolute Gasteiger partial charge is 0.460 e. The molecule has 0 aliphatic heterocycles. The first-order valence-corrected chi connectivity index (χ1v) is 10.1. The van der Waals surface area contributed by atoms with Crippen LogP contribution < -0.4 is 4.72 Å². The number of benzene rings is 2. The van der Waals surface area contributed by atoms with Gasteiger partial charge in [0.2, 0.25) is 15.8 Å². The minimum Gasteiger partial charge on any atom is -0.460 e. The normalized spacial score (nSPS) is 11.5. The van der Waals surface area contributed by atoms with Gasteiger partial charge in [0.05, 0.1) is 11.5 Å². The van der Waals surface area contributed by atoms with E-state index in [0.29, 0.717) is 22.1 Å². The van der Waals surface area contributed by atoms with Crippen LogP contribution in [0.4, 0.5) is 0 Å². The Balaban J connectivity index is 1.94. The van der Waals surface area contributed by atoms with E-state index in [2.05, 4.69) is 4.72 Å². The number of furan rings is 1. The van der Waals surface area contributed by atoms with Crippen molar-refractivity contribution in [3.05, 3.63) is 65.4 Å². The van der Waals surface area contributed by atoms with Crippen LogP contribution in [0, 0.1) is 0 Å². The quantitative estimate of drug-likeness (QED) is 0.481. The Labute approximate surface area is 162 Å². The summed E-state index contributed by atoms with van der Waals surface area (Å²) >= 11 is 0. The van der Waals surface area contributed by atoms with Gasteiger partial charge in [-0.2, -0.15) is 0 Å². The minimum absolute atomic E-state index is 0.0364. The van der Waals surface area contributed by atoms with Gasteiger partial charge < -0.3 is 9.15 Å². The van der Waals surface area contributed by atoms with Crippen molar-refractivity contribution in [3.63, 3.8) is 0 Å². The number of nitrogens with one attached hydrogen (secondary N) is 1. The molecule has 2 aromatic carbocycles. The summed E-state index contributed by atoms with van der Waals surface area (Å²) in [6.07, 6.45) is 0. The lowest BCUT2D eigenvalue weighted by atomic mass is 10.1. The van der Waals surface area contributed by atoms with Crippen molar-refractivity contribution < 1.29 is 27.2 Å². The summed E-state index contributed by atoms with van der Waals surface area (Å²) < 4.78 is 38.4. The first-order chi connectivity index (χ1) is 13.3. The number of rotatable bonds is 7. The van der Waals surface area contributed by atoms with Gasteiger partial charge in [-0.25, -0.2) is 17.9 Å². The van der Waals surface area contributed by atoms with E-state index in [9.17, 15) is 18.0 Å². The smallest absolute Gasteiger partial charge is 0.374 e. The zero-order valence-electron chi connectivity index (χ0n) is 15.4. The molecule has 0 aliphatic rings. The summed E-state index contributed by atoms with van der Waals surface area (Å²) in [5.74, 6) is -0.933. The number of carbonyl (C=O) groups excluding carboxylic acids is 2. The predicted octanol–water partition coefficient (Wildman–Crippen LogP) is 3.29. The standard InChI is InChI=1S/C20H19NO6S/c1-3-26-20(23)19-17(16-9-4-5-10-18(16)27-19)12-21-28(24,25)15-8-6-7-14(11-15)13(2)22/h4-11,21H,3,12H2,1-2H3. The molecule has 0 fully saturated rings. The first kappa shape index (κ1) is 19.8. The molecular formula is C20H19NO6S. The molecular weight excluding hydrogens is 382 g/mol. The van der Waals surface area contributed by atoms with Crippen LogP contribution >= 0.6 is 0 Å². The Morgan fingerprint density at radius 1 is 1.11 bits per heavy atom. The minimum atomic E-state index is -3.91. The van der Waals surface area contributed by atoms with Crippen LogP contribution in [0.3, 0.4) is 0 Å². The van der Waals surface area contributed by atoms with Gasteiger partial charge in [-0.1, -0.05) is 30.3 Å². The molecule has 0 saturated heterocycles. The van der Waals surface area contributed by atoms with Crippen molar-refractivity contribution in [2.24, 2.45) is 0 Å². The third kappa shape index (κ3) is 3.97. The molecule has 1 aromatic heterocycles. The predicted molar refractivity (Wildman–Crippen MR) is 103 cm³/mol. The van der Waals surface area contributed by atoms with Crippen molar-refractivity contribution >= 4 is 32.7 Å². The molecule has 1 N–H and O–H groups in total. The molecule has 0 bridgehead atoms. The highest BCUT2D eigenvalue weighted by Crippen LogP contribution is 2.27. The summed E-state index contributed by atoms with van der Waals surface area (Å²) in [5, 5.41) is 0.616. The number of fused-ring (bicyclic) bond motifs is 1. The number of hydrogen-bond acceptors (Lipinski definition) is 6. The van der Waals surface area contributed by atoms with Crippen molar-refractivity contribution in [3.8, 4) is 0 Å². The number of ether oxygens (including phenoxy) is 1. The van der Waals surface area contributed by atoms with E-state index in [-0.39, 0.29) is 29.6 Å². The van der Waals surface area contributed by atoms with Gasteiger partial charge in [0.1, 0.15) is 5.58 Å². The van der Waals surface area contributed by atoms with E-state index >= 15 is 0 Å². The number of esters is 1.